The number of H-pyrrole nitrogens is 1. The average Bonchev–Trinajstić information content (AvgIpc) is 3.43. The van der Waals surface area contributed by atoms with Crippen LogP contribution in [0.3, 0.4) is 0 Å². The zero-order chi connectivity index (χ0) is 26.6. The molecule has 0 fully saturated rings. The number of benzene rings is 2. The second-order valence-electron chi connectivity index (χ2n) is 8.67. The predicted molar refractivity (Wildman–Crippen MR) is 142 cm³/mol. The van der Waals surface area contributed by atoms with Crippen molar-refractivity contribution in [1.29, 1.82) is 0 Å². The average molecular weight is 543 g/mol. The maximum Gasteiger partial charge on any atom is 0.335 e. The van der Waals surface area contributed by atoms with Crippen LogP contribution in [0.15, 0.2) is 46.2 Å². The van der Waals surface area contributed by atoms with Crippen molar-refractivity contribution in [2.45, 2.75) is 24.8 Å². The summed E-state index contributed by atoms with van der Waals surface area (Å²) in [6, 6.07) is 7.51. The van der Waals surface area contributed by atoms with Crippen molar-refractivity contribution >= 4 is 61.0 Å². The molecule has 0 spiro atoms. The zero-order valence-corrected chi connectivity index (χ0v) is 21.8. The standard InChI is InChI=1S/C23H23ClN8O4S/c1-11(2)31-21-19(32(23(31)33)16-8-6-14(24)18-13(16)10-26-30-18)20(25)28-22(29-21)27-15-7-5-12(37(4,34)35)9-17(15)36-3/h5-11H,1-4H3,(H,26,30)(H3,25,27,28,29). The Labute approximate surface area is 216 Å². The van der Waals surface area contributed by atoms with Crippen LogP contribution in [-0.4, -0.2) is 51.1 Å². The number of hydrogen-bond acceptors (Lipinski definition) is 9. The summed E-state index contributed by atoms with van der Waals surface area (Å²) >= 11 is 6.29. The molecule has 0 aliphatic rings. The maximum absolute atomic E-state index is 13.7. The molecule has 0 saturated heterocycles. The summed E-state index contributed by atoms with van der Waals surface area (Å²) in [6.07, 6.45) is 2.70. The monoisotopic (exact) mass is 542 g/mol. The van der Waals surface area contributed by atoms with E-state index in [1.54, 1.807) is 24.4 Å². The molecule has 4 N–H and O–H groups in total. The van der Waals surface area contributed by atoms with E-state index >= 15 is 0 Å². The second kappa shape index (κ2) is 8.78. The lowest BCUT2D eigenvalue weighted by Crippen LogP contribution is -2.24. The Morgan fingerprint density at radius 2 is 1.95 bits per heavy atom. The van der Waals surface area contributed by atoms with Crippen LogP contribution in [0.25, 0.3) is 27.8 Å². The van der Waals surface area contributed by atoms with E-state index in [1.807, 2.05) is 13.8 Å². The molecular weight excluding hydrogens is 520 g/mol. The van der Waals surface area contributed by atoms with E-state index in [0.717, 1.165) is 6.26 Å². The molecule has 0 unspecified atom stereocenters. The van der Waals surface area contributed by atoms with E-state index in [9.17, 15) is 13.2 Å². The minimum Gasteiger partial charge on any atom is -0.495 e. The Bertz CT molecular complexity index is 1860. The van der Waals surface area contributed by atoms with Crippen molar-refractivity contribution in [2.24, 2.45) is 0 Å². The first-order valence-corrected chi connectivity index (χ1v) is 13.4. The molecule has 0 aliphatic heterocycles. The number of ether oxygens (including phenoxy) is 1. The summed E-state index contributed by atoms with van der Waals surface area (Å²) in [5, 5.41) is 11.0. The van der Waals surface area contributed by atoms with Gasteiger partial charge >= 0.3 is 5.69 Å². The fourth-order valence-electron chi connectivity index (χ4n) is 4.19. The van der Waals surface area contributed by atoms with Gasteiger partial charge in [-0.05, 0) is 38.1 Å². The molecule has 3 heterocycles. The molecule has 192 valence electrons. The smallest absolute Gasteiger partial charge is 0.335 e. The summed E-state index contributed by atoms with van der Waals surface area (Å²) < 4.78 is 32.2. The minimum atomic E-state index is -3.43. The molecule has 0 bridgehead atoms. The number of sulfone groups is 1. The molecule has 37 heavy (non-hydrogen) atoms. The van der Waals surface area contributed by atoms with Crippen molar-refractivity contribution < 1.29 is 13.2 Å². The van der Waals surface area contributed by atoms with Crippen molar-refractivity contribution in [3.8, 4) is 11.4 Å². The van der Waals surface area contributed by atoms with Crippen molar-refractivity contribution in [3.05, 3.63) is 52.0 Å². The van der Waals surface area contributed by atoms with Crippen LogP contribution in [0.1, 0.15) is 19.9 Å². The summed E-state index contributed by atoms with van der Waals surface area (Å²) in [7, 11) is -2.01. The topological polar surface area (TPSA) is 163 Å². The molecule has 2 aromatic carbocycles. The quantitative estimate of drug-likeness (QED) is 0.291. The van der Waals surface area contributed by atoms with E-state index < -0.39 is 9.84 Å². The highest BCUT2D eigenvalue weighted by Gasteiger charge is 2.24. The molecule has 0 aliphatic carbocycles. The largest absolute Gasteiger partial charge is 0.495 e. The van der Waals surface area contributed by atoms with Gasteiger partial charge in [0.05, 0.1) is 40.1 Å². The number of hydrogen-bond donors (Lipinski definition) is 3. The highest BCUT2D eigenvalue weighted by molar-refractivity contribution is 7.90. The van der Waals surface area contributed by atoms with Crippen LogP contribution in [0.5, 0.6) is 5.75 Å². The van der Waals surface area contributed by atoms with Gasteiger partial charge < -0.3 is 15.8 Å². The lowest BCUT2D eigenvalue weighted by molar-refractivity contribution is 0.415. The van der Waals surface area contributed by atoms with Gasteiger partial charge in [-0.2, -0.15) is 15.1 Å². The molecule has 0 radical (unpaired) electrons. The van der Waals surface area contributed by atoms with Crippen LogP contribution in [-0.2, 0) is 9.84 Å². The third-order valence-electron chi connectivity index (χ3n) is 5.89. The molecular formula is C23H23ClN8O4S. The van der Waals surface area contributed by atoms with E-state index in [4.69, 9.17) is 22.1 Å². The number of aromatic amines is 1. The van der Waals surface area contributed by atoms with Crippen LogP contribution in [0, 0.1) is 0 Å². The summed E-state index contributed by atoms with van der Waals surface area (Å²) in [4.78, 5) is 22.8. The SMILES string of the molecule is COc1cc(S(C)(=O)=O)ccc1Nc1nc(N)c2c(n1)n(C(C)C)c(=O)n2-c1ccc(Cl)c2[nH]ncc12. The Morgan fingerprint density at radius 1 is 1.19 bits per heavy atom. The number of methoxy groups -OCH3 is 1. The van der Waals surface area contributed by atoms with Gasteiger partial charge in [-0.1, -0.05) is 11.6 Å². The van der Waals surface area contributed by atoms with Gasteiger partial charge in [0.2, 0.25) is 5.95 Å². The Kier molecular flexibility index (Phi) is 5.83. The lowest BCUT2D eigenvalue weighted by Gasteiger charge is -2.13. The highest BCUT2D eigenvalue weighted by atomic mass is 35.5. The fourth-order valence-corrected chi connectivity index (χ4v) is 5.03. The lowest BCUT2D eigenvalue weighted by atomic mass is 10.2. The summed E-state index contributed by atoms with van der Waals surface area (Å²) in [5.41, 5.74) is 8.22. The molecule has 3 aromatic heterocycles. The predicted octanol–water partition coefficient (Wildman–Crippen LogP) is 3.43. The van der Waals surface area contributed by atoms with Crippen LogP contribution < -0.4 is 21.5 Å². The molecule has 5 aromatic rings. The second-order valence-corrected chi connectivity index (χ2v) is 11.1. The minimum absolute atomic E-state index is 0.0577. The third kappa shape index (κ3) is 4.05. The van der Waals surface area contributed by atoms with E-state index in [2.05, 4.69) is 25.5 Å². The summed E-state index contributed by atoms with van der Waals surface area (Å²) in [5.74, 6) is 0.432. The van der Waals surface area contributed by atoms with Crippen molar-refractivity contribution in [1.82, 2.24) is 29.3 Å². The first-order valence-electron chi connectivity index (χ1n) is 11.1. The number of nitrogens with zero attached hydrogens (tertiary/aromatic N) is 5. The first-order chi connectivity index (χ1) is 17.5. The Hall–Kier alpha value is -4.10. The molecule has 5 rings (SSSR count). The first kappa shape index (κ1) is 24.6. The number of nitrogens with one attached hydrogen (secondary N) is 2. The Morgan fingerprint density at radius 3 is 2.62 bits per heavy atom. The van der Waals surface area contributed by atoms with E-state index in [0.29, 0.717) is 38.5 Å². The van der Waals surface area contributed by atoms with Crippen molar-refractivity contribution in [3.63, 3.8) is 0 Å². The molecule has 0 amide bonds. The number of nitrogens with two attached hydrogens (primary N) is 1. The number of halogens is 1. The van der Waals surface area contributed by atoms with Gasteiger partial charge in [0.25, 0.3) is 0 Å². The number of nitrogen functional groups attached to an aromatic ring is 1. The van der Waals surface area contributed by atoms with Crippen LogP contribution in [0.4, 0.5) is 17.5 Å². The molecule has 0 saturated carbocycles. The molecule has 12 nitrogen and oxygen atoms in total. The van der Waals surface area contributed by atoms with Gasteiger partial charge in [0.15, 0.2) is 21.3 Å². The number of imidazole rings is 1. The zero-order valence-electron chi connectivity index (χ0n) is 20.3. The summed E-state index contributed by atoms with van der Waals surface area (Å²) in [6.45, 7) is 3.72. The van der Waals surface area contributed by atoms with Gasteiger partial charge in [0, 0.05) is 23.8 Å². The van der Waals surface area contributed by atoms with Gasteiger partial charge in [-0.3, -0.25) is 14.2 Å². The van der Waals surface area contributed by atoms with Crippen LogP contribution >= 0.6 is 11.6 Å². The number of rotatable bonds is 6. The van der Waals surface area contributed by atoms with Crippen molar-refractivity contribution in [2.75, 3.05) is 24.4 Å². The number of aromatic nitrogens is 6. The number of fused-ring (bicyclic) bond motifs is 2. The van der Waals surface area contributed by atoms with E-state index in [1.165, 1.54) is 28.4 Å². The Balaban J connectivity index is 1.71. The van der Waals surface area contributed by atoms with Gasteiger partial charge in [-0.15, -0.1) is 0 Å². The third-order valence-corrected chi connectivity index (χ3v) is 7.31. The van der Waals surface area contributed by atoms with Gasteiger partial charge in [0.1, 0.15) is 11.3 Å². The molecule has 0 atom stereocenters. The van der Waals surface area contributed by atoms with Gasteiger partial charge in [-0.25, -0.2) is 13.2 Å². The molecule has 14 heteroatoms. The van der Waals surface area contributed by atoms with Crippen LogP contribution in [0.2, 0.25) is 5.02 Å². The number of anilines is 3. The van der Waals surface area contributed by atoms with E-state index in [-0.39, 0.29) is 34.1 Å². The fraction of sp³-hybridized carbons (Fsp3) is 0.217. The maximum atomic E-state index is 13.7. The normalized spacial score (nSPS) is 12.1. The highest BCUT2D eigenvalue weighted by Crippen LogP contribution is 2.33.